The first-order chi connectivity index (χ1) is 8.29. The first-order valence-electron chi connectivity index (χ1n) is 7.30. The standard InChI is InChI=1S/C14H26N2O/c1-2-4-12-6-7-14(17)16(10-8-12)11-13-5-3-9-15-13/h12-13,15H,2-11H2,1H3/t12?,13-/m1/s1. The maximum atomic E-state index is 12.0. The number of hydrogen-bond acceptors (Lipinski definition) is 2. The van der Waals surface area contributed by atoms with Crippen LogP contribution >= 0.6 is 0 Å². The quantitative estimate of drug-likeness (QED) is 0.814. The lowest BCUT2D eigenvalue weighted by molar-refractivity contribution is -0.131. The molecule has 2 saturated heterocycles. The number of hydrogen-bond donors (Lipinski definition) is 1. The van der Waals surface area contributed by atoms with Crippen molar-refractivity contribution in [3.63, 3.8) is 0 Å². The topological polar surface area (TPSA) is 32.3 Å². The molecule has 2 atom stereocenters. The van der Waals surface area contributed by atoms with Crippen LogP contribution in [0.1, 0.15) is 51.9 Å². The van der Waals surface area contributed by atoms with E-state index in [2.05, 4.69) is 17.1 Å². The van der Waals surface area contributed by atoms with E-state index in [1.807, 2.05) is 0 Å². The average molecular weight is 238 g/mol. The second-order valence-corrected chi connectivity index (χ2v) is 5.62. The van der Waals surface area contributed by atoms with Crippen molar-refractivity contribution < 1.29 is 4.79 Å². The molecule has 0 aromatic rings. The fourth-order valence-corrected chi connectivity index (χ4v) is 3.16. The molecule has 0 aliphatic carbocycles. The van der Waals surface area contributed by atoms with Crippen molar-refractivity contribution in [3.8, 4) is 0 Å². The van der Waals surface area contributed by atoms with Gasteiger partial charge in [-0.1, -0.05) is 19.8 Å². The predicted molar refractivity (Wildman–Crippen MR) is 69.9 cm³/mol. The van der Waals surface area contributed by atoms with E-state index < -0.39 is 0 Å². The summed E-state index contributed by atoms with van der Waals surface area (Å²) in [4.78, 5) is 14.2. The second-order valence-electron chi connectivity index (χ2n) is 5.62. The minimum Gasteiger partial charge on any atom is -0.341 e. The van der Waals surface area contributed by atoms with Crippen molar-refractivity contribution in [2.24, 2.45) is 5.92 Å². The van der Waals surface area contributed by atoms with E-state index in [9.17, 15) is 4.79 Å². The Balaban J connectivity index is 1.82. The maximum absolute atomic E-state index is 12.0. The highest BCUT2D eigenvalue weighted by Gasteiger charge is 2.25. The molecule has 2 fully saturated rings. The molecule has 1 amide bonds. The highest BCUT2D eigenvalue weighted by atomic mass is 16.2. The minimum atomic E-state index is 0.386. The van der Waals surface area contributed by atoms with Crippen molar-refractivity contribution >= 4 is 5.91 Å². The molecule has 2 aliphatic rings. The van der Waals surface area contributed by atoms with Gasteiger partial charge in [0.15, 0.2) is 0 Å². The van der Waals surface area contributed by atoms with E-state index >= 15 is 0 Å². The van der Waals surface area contributed by atoms with E-state index in [-0.39, 0.29) is 0 Å². The van der Waals surface area contributed by atoms with Crippen LogP contribution in [0.15, 0.2) is 0 Å². The molecule has 0 radical (unpaired) electrons. The molecule has 0 bridgehead atoms. The van der Waals surface area contributed by atoms with Gasteiger partial charge in [0.05, 0.1) is 0 Å². The third kappa shape index (κ3) is 3.70. The molecule has 98 valence electrons. The van der Waals surface area contributed by atoms with Crippen molar-refractivity contribution in [2.45, 2.75) is 57.9 Å². The van der Waals surface area contributed by atoms with Gasteiger partial charge in [-0.15, -0.1) is 0 Å². The summed E-state index contributed by atoms with van der Waals surface area (Å²) in [5.74, 6) is 1.17. The average Bonchev–Trinajstić information content (AvgIpc) is 2.77. The van der Waals surface area contributed by atoms with E-state index in [4.69, 9.17) is 0 Å². The van der Waals surface area contributed by atoms with E-state index in [0.29, 0.717) is 11.9 Å². The Morgan fingerprint density at radius 2 is 2.24 bits per heavy atom. The summed E-state index contributed by atoms with van der Waals surface area (Å²) in [5, 5.41) is 3.49. The van der Waals surface area contributed by atoms with Crippen LogP contribution in [0.3, 0.4) is 0 Å². The lowest BCUT2D eigenvalue weighted by Gasteiger charge is -2.24. The molecule has 2 heterocycles. The molecule has 1 unspecified atom stereocenters. The number of rotatable bonds is 4. The first kappa shape index (κ1) is 12.9. The number of nitrogens with zero attached hydrogens (tertiary/aromatic N) is 1. The molecule has 1 N–H and O–H groups in total. The molecule has 0 spiro atoms. The largest absolute Gasteiger partial charge is 0.341 e. The monoisotopic (exact) mass is 238 g/mol. The van der Waals surface area contributed by atoms with Gasteiger partial charge >= 0.3 is 0 Å². The number of carbonyl (C=O) groups is 1. The fraction of sp³-hybridized carbons (Fsp3) is 0.929. The molecule has 0 aromatic carbocycles. The molecule has 0 aromatic heterocycles. The Morgan fingerprint density at radius 1 is 1.35 bits per heavy atom. The zero-order valence-corrected chi connectivity index (χ0v) is 11.1. The van der Waals surface area contributed by atoms with Gasteiger partial charge in [0.25, 0.3) is 0 Å². The SMILES string of the molecule is CCCC1CCC(=O)N(C[C@H]2CCCN2)CC1. The molecular weight excluding hydrogens is 212 g/mol. The Labute approximate surface area is 105 Å². The highest BCUT2D eigenvalue weighted by molar-refractivity contribution is 5.76. The van der Waals surface area contributed by atoms with Gasteiger partial charge in [-0.05, 0) is 38.1 Å². The van der Waals surface area contributed by atoms with E-state index in [1.165, 1.54) is 32.1 Å². The Kier molecular flexibility index (Phi) is 4.84. The lowest BCUT2D eigenvalue weighted by atomic mass is 9.96. The Hall–Kier alpha value is -0.570. The molecule has 0 saturated carbocycles. The molecule has 2 aliphatic heterocycles. The number of amides is 1. The van der Waals surface area contributed by atoms with Crippen molar-refractivity contribution in [3.05, 3.63) is 0 Å². The zero-order chi connectivity index (χ0) is 12.1. The zero-order valence-electron chi connectivity index (χ0n) is 11.1. The smallest absolute Gasteiger partial charge is 0.222 e. The van der Waals surface area contributed by atoms with Gasteiger partial charge in [0.2, 0.25) is 5.91 Å². The number of likely N-dealkylation sites (tertiary alicyclic amines) is 1. The predicted octanol–water partition coefficient (Wildman–Crippen LogP) is 2.17. The van der Waals surface area contributed by atoms with Gasteiger partial charge in [-0.3, -0.25) is 4.79 Å². The van der Waals surface area contributed by atoms with Crippen LogP contribution in [0.25, 0.3) is 0 Å². The van der Waals surface area contributed by atoms with Crippen LogP contribution < -0.4 is 5.32 Å². The Morgan fingerprint density at radius 3 is 2.94 bits per heavy atom. The molecule has 17 heavy (non-hydrogen) atoms. The van der Waals surface area contributed by atoms with Gasteiger partial charge in [0, 0.05) is 25.6 Å². The van der Waals surface area contributed by atoms with Crippen LogP contribution in [-0.4, -0.2) is 36.5 Å². The third-order valence-corrected chi connectivity index (χ3v) is 4.23. The van der Waals surface area contributed by atoms with E-state index in [0.717, 1.165) is 38.4 Å². The van der Waals surface area contributed by atoms with Gasteiger partial charge < -0.3 is 10.2 Å². The minimum absolute atomic E-state index is 0.386. The van der Waals surface area contributed by atoms with Crippen LogP contribution in [0.2, 0.25) is 0 Å². The van der Waals surface area contributed by atoms with E-state index in [1.54, 1.807) is 0 Å². The fourth-order valence-electron chi connectivity index (χ4n) is 3.16. The first-order valence-corrected chi connectivity index (χ1v) is 7.30. The second kappa shape index (κ2) is 6.39. The van der Waals surface area contributed by atoms with Crippen molar-refractivity contribution in [1.82, 2.24) is 10.2 Å². The summed E-state index contributed by atoms with van der Waals surface area (Å²) in [7, 11) is 0. The van der Waals surface area contributed by atoms with Gasteiger partial charge in [-0.2, -0.15) is 0 Å². The van der Waals surface area contributed by atoms with Crippen LogP contribution in [0, 0.1) is 5.92 Å². The maximum Gasteiger partial charge on any atom is 0.222 e. The van der Waals surface area contributed by atoms with Gasteiger partial charge in [-0.25, -0.2) is 0 Å². The summed E-state index contributed by atoms with van der Waals surface area (Å²) in [6, 6.07) is 0.557. The van der Waals surface area contributed by atoms with Crippen molar-refractivity contribution in [2.75, 3.05) is 19.6 Å². The molecule has 2 rings (SSSR count). The van der Waals surface area contributed by atoms with Crippen LogP contribution in [0.4, 0.5) is 0 Å². The molecule has 3 heteroatoms. The lowest BCUT2D eigenvalue weighted by Crippen LogP contribution is -2.40. The van der Waals surface area contributed by atoms with Crippen molar-refractivity contribution in [1.29, 1.82) is 0 Å². The number of nitrogens with one attached hydrogen (secondary N) is 1. The normalized spacial score (nSPS) is 30.6. The third-order valence-electron chi connectivity index (χ3n) is 4.23. The summed E-state index contributed by atoms with van der Waals surface area (Å²) >= 11 is 0. The summed E-state index contributed by atoms with van der Waals surface area (Å²) in [6.07, 6.45) is 8.16. The molecular formula is C14H26N2O. The highest BCUT2D eigenvalue weighted by Crippen LogP contribution is 2.23. The summed E-state index contributed by atoms with van der Waals surface area (Å²) in [6.45, 7) is 5.30. The Bertz CT molecular complexity index is 249. The molecule has 3 nitrogen and oxygen atoms in total. The van der Waals surface area contributed by atoms with Crippen LogP contribution in [0.5, 0.6) is 0 Å². The van der Waals surface area contributed by atoms with Gasteiger partial charge in [0.1, 0.15) is 0 Å². The summed E-state index contributed by atoms with van der Waals surface area (Å²) in [5.41, 5.74) is 0. The summed E-state index contributed by atoms with van der Waals surface area (Å²) < 4.78 is 0. The van der Waals surface area contributed by atoms with Crippen LogP contribution in [-0.2, 0) is 4.79 Å². The number of carbonyl (C=O) groups excluding carboxylic acids is 1.